The van der Waals surface area contributed by atoms with Gasteiger partial charge >= 0.3 is 0 Å². The van der Waals surface area contributed by atoms with E-state index in [0.717, 1.165) is 12.8 Å². The van der Waals surface area contributed by atoms with Crippen LogP contribution in [0.5, 0.6) is 0 Å². The van der Waals surface area contributed by atoms with Crippen LogP contribution in [0, 0.1) is 0 Å². The number of hydrogen-bond donors (Lipinski definition) is 1. The maximum atomic E-state index is 10.9. The topological polar surface area (TPSA) is 29.1 Å². The Bertz CT molecular complexity index is 132. The van der Waals surface area contributed by atoms with Crippen LogP contribution in [0.2, 0.25) is 0 Å². The van der Waals surface area contributed by atoms with Crippen molar-refractivity contribution in [2.45, 2.75) is 32.2 Å². The van der Waals surface area contributed by atoms with Crippen LogP contribution in [0.15, 0.2) is 12.7 Å². The van der Waals surface area contributed by atoms with Crippen LogP contribution in [0.25, 0.3) is 0 Å². The first-order valence-electron chi connectivity index (χ1n) is 4.07. The van der Waals surface area contributed by atoms with Crippen LogP contribution >= 0.6 is 0 Å². The Hall–Kier alpha value is -0.630. The molecule has 0 rings (SSSR count). The zero-order chi connectivity index (χ0) is 8.69. The second-order valence-electron chi connectivity index (χ2n) is 2.65. The first kappa shape index (κ1) is 10.4. The maximum absolute atomic E-state index is 10.9. The SMILES string of the molecule is C=CC(=O)CC(CCC)NC. The molecule has 0 aromatic carbocycles. The molecule has 0 heterocycles. The lowest BCUT2D eigenvalue weighted by molar-refractivity contribution is -0.115. The number of rotatable bonds is 6. The molecule has 11 heavy (non-hydrogen) atoms. The quantitative estimate of drug-likeness (QED) is 0.589. The number of hydrogen-bond acceptors (Lipinski definition) is 2. The van der Waals surface area contributed by atoms with Gasteiger partial charge in [0.05, 0.1) is 0 Å². The van der Waals surface area contributed by atoms with E-state index in [2.05, 4.69) is 18.8 Å². The van der Waals surface area contributed by atoms with Crippen LogP contribution in [0.4, 0.5) is 0 Å². The molecule has 1 unspecified atom stereocenters. The fraction of sp³-hybridized carbons (Fsp3) is 0.667. The molecule has 0 saturated heterocycles. The van der Waals surface area contributed by atoms with E-state index in [4.69, 9.17) is 0 Å². The summed E-state index contributed by atoms with van der Waals surface area (Å²) in [6, 6.07) is 0.325. The number of carbonyl (C=O) groups is 1. The minimum absolute atomic E-state index is 0.123. The van der Waals surface area contributed by atoms with E-state index in [1.165, 1.54) is 6.08 Å². The Balaban J connectivity index is 3.67. The van der Waals surface area contributed by atoms with Crippen molar-refractivity contribution in [2.24, 2.45) is 0 Å². The average molecular weight is 155 g/mol. The van der Waals surface area contributed by atoms with Gasteiger partial charge in [-0.15, -0.1) is 0 Å². The van der Waals surface area contributed by atoms with Crippen molar-refractivity contribution in [1.82, 2.24) is 5.32 Å². The molecule has 0 fully saturated rings. The Labute approximate surface area is 68.7 Å². The van der Waals surface area contributed by atoms with Gasteiger partial charge in [0.15, 0.2) is 5.78 Å². The minimum atomic E-state index is 0.123. The Morgan fingerprint density at radius 1 is 1.73 bits per heavy atom. The van der Waals surface area contributed by atoms with Crippen molar-refractivity contribution in [1.29, 1.82) is 0 Å². The van der Waals surface area contributed by atoms with Gasteiger partial charge < -0.3 is 5.32 Å². The molecule has 0 aliphatic carbocycles. The Kier molecular flexibility index (Phi) is 5.75. The molecule has 0 radical (unpaired) electrons. The number of ketones is 1. The molecule has 0 saturated carbocycles. The van der Waals surface area contributed by atoms with Gasteiger partial charge in [-0.05, 0) is 19.5 Å². The molecule has 2 nitrogen and oxygen atoms in total. The highest BCUT2D eigenvalue weighted by Gasteiger charge is 2.07. The Morgan fingerprint density at radius 3 is 2.73 bits per heavy atom. The molecule has 0 aliphatic heterocycles. The van der Waals surface area contributed by atoms with Gasteiger partial charge in [-0.2, -0.15) is 0 Å². The summed E-state index contributed by atoms with van der Waals surface area (Å²) >= 11 is 0. The average Bonchev–Trinajstić information content (AvgIpc) is 2.03. The van der Waals surface area contributed by atoms with Crippen LogP contribution in [-0.2, 0) is 4.79 Å². The van der Waals surface area contributed by atoms with Crippen LogP contribution in [0.3, 0.4) is 0 Å². The van der Waals surface area contributed by atoms with Gasteiger partial charge in [-0.3, -0.25) is 4.79 Å². The molecular formula is C9H17NO. The zero-order valence-electron chi connectivity index (χ0n) is 7.39. The van der Waals surface area contributed by atoms with E-state index in [0.29, 0.717) is 12.5 Å². The van der Waals surface area contributed by atoms with Gasteiger partial charge in [0.1, 0.15) is 0 Å². The third-order valence-electron chi connectivity index (χ3n) is 1.72. The highest BCUT2D eigenvalue weighted by molar-refractivity contribution is 5.89. The summed E-state index contributed by atoms with van der Waals surface area (Å²) in [4.78, 5) is 10.9. The molecule has 1 N–H and O–H groups in total. The molecule has 0 spiro atoms. The third kappa shape index (κ3) is 4.73. The van der Waals surface area contributed by atoms with Crippen LogP contribution in [-0.4, -0.2) is 18.9 Å². The maximum Gasteiger partial charge on any atom is 0.156 e. The lowest BCUT2D eigenvalue weighted by Gasteiger charge is -2.12. The minimum Gasteiger partial charge on any atom is -0.317 e. The van der Waals surface area contributed by atoms with E-state index in [1.807, 2.05) is 7.05 Å². The smallest absolute Gasteiger partial charge is 0.156 e. The summed E-state index contributed by atoms with van der Waals surface area (Å²) < 4.78 is 0. The predicted molar refractivity (Wildman–Crippen MR) is 47.6 cm³/mol. The van der Waals surface area contributed by atoms with E-state index in [9.17, 15) is 4.79 Å². The molecule has 1 atom stereocenters. The largest absolute Gasteiger partial charge is 0.317 e. The molecule has 2 heteroatoms. The van der Waals surface area contributed by atoms with Gasteiger partial charge in [0.2, 0.25) is 0 Å². The highest BCUT2D eigenvalue weighted by atomic mass is 16.1. The molecular weight excluding hydrogens is 138 g/mol. The molecule has 0 aromatic heterocycles. The fourth-order valence-electron chi connectivity index (χ4n) is 1.02. The summed E-state index contributed by atoms with van der Waals surface area (Å²) in [7, 11) is 1.89. The van der Waals surface area contributed by atoms with Gasteiger partial charge in [-0.25, -0.2) is 0 Å². The number of carbonyl (C=O) groups excluding carboxylic acids is 1. The van der Waals surface area contributed by atoms with Crippen molar-refractivity contribution >= 4 is 5.78 Å². The third-order valence-corrected chi connectivity index (χ3v) is 1.72. The molecule has 0 bridgehead atoms. The molecule has 0 amide bonds. The Morgan fingerprint density at radius 2 is 2.36 bits per heavy atom. The molecule has 64 valence electrons. The van der Waals surface area contributed by atoms with Crippen LogP contribution in [0.1, 0.15) is 26.2 Å². The monoisotopic (exact) mass is 155 g/mol. The second-order valence-corrected chi connectivity index (χ2v) is 2.65. The molecule has 0 aliphatic rings. The summed E-state index contributed by atoms with van der Waals surface area (Å²) in [6.45, 7) is 5.54. The lowest BCUT2D eigenvalue weighted by atomic mass is 10.1. The lowest BCUT2D eigenvalue weighted by Crippen LogP contribution is -2.27. The van der Waals surface area contributed by atoms with Crippen molar-refractivity contribution in [2.75, 3.05) is 7.05 Å². The predicted octanol–water partition coefficient (Wildman–Crippen LogP) is 1.52. The van der Waals surface area contributed by atoms with Crippen molar-refractivity contribution in [3.63, 3.8) is 0 Å². The highest BCUT2D eigenvalue weighted by Crippen LogP contribution is 2.01. The van der Waals surface area contributed by atoms with Gasteiger partial charge in [-0.1, -0.05) is 19.9 Å². The number of allylic oxidation sites excluding steroid dienone is 1. The van der Waals surface area contributed by atoms with Crippen molar-refractivity contribution in [3.05, 3.63) is 12.7 Å². The zero-order valence-corrected chi connectivity index (χ0v) is 7.39. The van der Waals surface area contributed by atoms with E-state index < -0.39 is 0 Å². The van der Waals surface area contributed by atoms with E-state index >= 15 is 0 Å². The van der Waals surface area contributed by atoms with Gasteiger partial charge in [0.25, 0.3) is 0 Å². The number of nitrogens with one attached hydrogen (secondary N) is 1. The van der Waals surface area contributed by atoms with Crippen molar-refractivity contribution < 1.29 is 4.79 Å². The summed E-state index contributed by atoms with van der Waals surface area (Å²) in [5, 5.41) is 3.10. The van der Waals surface area contributed by atoms with E-state index in [1.54, 1.807) is 0 Å². The summed E-state index contributed by atoms with van der Waals surface area (Å²) in [5.41, 5.74) is 0. The van der Waals surface area contributed by atoms with E-state index in [-0.39, 0.29) is 5.78 Å². The van der Waals surface area contributed by atoms with Gasteiger partial charge in [0, 0.05) is 12.5 Å². The summed E-state index contributed by atoms with van der Waals surface area (Å²) in [5.74, 6) is 0.123. The second kappa shape index (κ2) is 6.10. The summed E-state index contributed by atoms with van der Waals surface area (Å²) in [6.07, 6.45) is 4.12. The standard InChI is InChI=1S/C9H17NO/c1-4-6-8(10-3)7-9(11)5-2/h5,8,10H,2,4,6-7H2,1,3H3. The first-order valence-corrected chi connectivity index (χ1v) is 4.07. The first-order chi connectivity index (χ1) is 5.24. The van der Waals surface area contributed by atoms with Crippen molar-refractivity contribution in [3.8, 4) is 0 Å². The fourth-order valence-corrected chi connectivity index (χ4v) is 1.02. The van der Waals surface area contributed by atoms with Crippen LogP contribution < -0.4 is 5.32 Å². The normalized spacial score (nSPS) is 12.5. The molecule has 0 aromatic rings.